The molecule has 26 heteroatoms. The summed E-state index contributed by atoms with van der Waals surface area (Å²) < 4.78 is 98.1. The van der Waals surface area contributed by atoms with Crippen LogP contribution in [0.2, 0.25) is 0 Å². The van der Waals surface area contributed by atoms with Crippen molar-refractivity contribution in [3.63, 3.8) is 0 Å². The van der Waals surface area contributed by atoms with Gasteiger partial charge in [-0.1, -0.05) is 121 Å². The lowest BCUT2D eigenvalue weighted by Gasteiger charge is -2.33. The van der Waals surface area contributed by atoms with E-state index in [4.69, 9.17) is 28.4 Å². The van der Waals surface area contributed by atoms with Gasteiger partial charge in [0.25, 0.3) is 0 Å². The molecule has 6 aromatic carbocycles. The first-order valence-corrected chi connectivity index (χ1v) is 32.2. The van der Waals surface area contributed by atoms with Crippen LogP contribution in [0.15, 0.2) is 179 Å². The van der Waals surface area contributed by atoms with E-state index < -0.39 is 141 Å². The van der Waals surface area contributed by atoms with Crippen molar-refractivity contribution in [2.24, 2.45) is 9.98 Å². The highest BCUT2D eigenvalue weighted by molar-refractivity contribution is 7.35. The number of nitrogens with zero attached hydrogens (tertiary/aromatic N) is 6. The van der Waals surface area contributed by atoms with Crippen molar-refractivity contribution < 1.29 is 74.8 Å². The summed E-state index contributed by atoms with van der Waals surface area (Å²) in [7, 11) is 0. The first kappa shape index (κ1) is 63.1. The Morgan fingerprint density at radius 3 is 0.980 bits per heavy atom. The standard InChI is InChI=1S/C72H34F4N6O12S4/c73-47-21-41-43(23-49(47)75)57(83)55(53(41)39(27-77)28-78)81-51-25-45-61(95-51)63-59(93-71(45,67(85)89-31-35-13-5-1-6-14-35)68(86)90-32-36-15-7-2-8-16-36)65-66(97-63)60-64(98-65)62-46(26-52(96-62)82-56-54(40(29-79)30-80)42-22-48(74)50(76)24-44(42)58(56)84)72(94-60,69(87)91-33-37-17-9-3-10-18-37)70(88)92-34-38-19-11-4-12-20-38/h1-26H,31-34H2/b81-55-,82-56-. The quantitative estimate of drug-likeness (QED) is 0.0321. The molecule has 6 heterocycles. The Morgan fingerprint density at radius 1 is 0.408 bits per heavy atom. The molecule has 2 aliphatic heterocycles. The highest BCUT2D eigenvalue weighted by atomic mass is 32.1. The van der Waals surface area contributed by atoms with Gasteiger partial charge < -0.3 is 28.4 Å². The monoisotopic (exact) mass is 1380 g/mol. The lowest BCUT2D eigenvalue weighted by Crippen LogP contribution is -2.52. The van der Waals surface area contributed by atoms with Gasteiger partial charge in [-0.25, -0.2) is 46.7 Å². The normalized spacial score (nSPS) is 14.8. The number of ketones is 2. The van der Waals surface area contributed by atoms with Crippen LogP contribution in [0.4, 0.5) is 27.6 Å². The van der Waals surface area contributed by atoms with Crippen LogP contribution < -0.4 is 9.47 Å². The van der Waals surface area contributed by atoms with E-state index in [1.165, 1.54) is 12.1 Å². The zero-order chi connectivity index (χ0) is 68.3. The topological polar surface area (TPSA) is 278 Å². The lowest BCUT2D eigenvalue weighted by molar-refractivity contribution is -0.185. The fourth-order valence-electron chi connectivity index (χ4n) is 11.4. The van der Waals surface area contributed by atoms with Gasteiger partial charge >= 0.3 is 35.1 Å². The number of Topliss-reactive ketones (excluding diaryl/α,β-unsaturated/α-hetero) is 2. The lowest BCUT2D eigenvalue weighted by atomic mass is 9.90. The van der Waals surface area contributed by atoms with Gasteiger partial charge in [0, 0.05) is 44.5 Å². The number of halogens is 4. The van der Waals surface area contributed by atoms with Gasteiger partial charge in [0.15, 0.2) is 34.8 Å². The van der Waals surface area contributed by atoms with E-state index in [0.29, 0.717) is 46.5 Å². The third kappa shape index (κ3) is 10.5. The van der Waals surface area contributed by atoms with Gasteiger partial charge in [0.1, 0.15) is 83.3 Å². The summed E-state index contributed by atoms with van der Waals surface area (Å²) in [5, 5.41) is 40.4. The number of esters is 4. The van der Waals surface area contributed by atoms with Crippen molar-refractivity contribution in [3.05, 3.63) is 248 Å². The third-order valence-corrected chi connectivity index (χ3v) is 20.9. The van der Waals surface area contributed by atoms with Gasteiger partial charge in [0.2, 0.25) is 11.6 Å². The Bertz CT molecular complexity index is 5000. The predicted molar refractivity (Wildman–Crippen MR) is 348 cm³/mol. The van der Waals surface area contributed by atoms with Crippen molar-refractivity contribution in [2.75, 3.05) is 0 Å². The molecule has 0 bridgehead atoms. The highest BCUT2D eigenvalue weighted by Crippen LogP contribution is 2.66. The molecule has 98 heavy (non-hydrogen) atoms. The van der Waals surface area contributed by atoms with Crippen molar-refractivity contribution in [1.29, 1.82) is 21.0 Å². The number of aliphatic imine (C=N–C) groups is 2. The summed E-state index contributed by atoms with van der Waals surface area (Å²) in [6.45, 7) is -1.76. The van der Waals surface area contributed by atoms with E-state index in [9.17, 15) is 39.4 Å². The number of carbonyl (C=O) groups excluding carboxylic acids is 6. The Morgan fingerprint density at radius 2 is 0.694 bits per heavy atom. The Hall–Kier alpha value is -12.3. The number of benzene rings is 6. The maximum absolute atomic E-state index is 15.6. The highest BCUT2D eigenvalue weighted by Gasteiger charge is 2.62. The average Bonchev–Trinajstić information content (AvgIpc) is 1.51. The summed E-state index contributed by atoms with van der Waals surface area (Å²) in [5.41, 5.74) is -9.62. The molecule has 0 N–H and O–H groups in total. The third-order valence-electron chi connectivity index (χ3n) is 16.0. The summed E-state index contributed by atoms with van der Waals surface area (Å²) in [6, 6.07) is 45.2. The minimum Gasteiger partial charge on any atom is -0.457 e. The van der Waals surface area contributed by atoms with E-state index in [1.807, 2.05) is 0 Å². The molecule has 0 unspecified atom stereocenters. The van der Waals surface area contributed by atoms with Crippen LogP contribution in [0.5, 0.6) is 11.5 Å². The number of fused-ring (bicyclic) bond motifs is 11. The van der Waals surface area contributed by atoms with Crippen LogP contribution in [0.25, 0.3) is 40.1 Å². The molecular formula is C72H34F4N6O12S4. The molecule has 4 aromatic heterocycles. The summed E-state index contributed by atoms with van der Waals surface area (Å²) in [5.74, 6) is -13.5. The van der Waals surface area contributed by atoms with Crippen molar-refractivity contribution >= 4 is 123 Å². The maximum Gasteiger partial charge on any atom is 0.367 e. The van der Waals surface area contributed by atoms with Crippen LogP contribution in [0, 0.1) is 68.6 Å². The minimum atomic E-state index is -2.98. The number of allylic oxidation sites excluding steroid dienone is 4. The molecule has 18 nitrogen and oxygen atoms in total. The molecule has 0 saturated heterocycles. The molecule has 0 atom stereocenters. The zero-order valence-corrected chi connectivity index (χ0v) is 52.8. The number of thiophene rings is 4. The second-order valence-electron chi connectivity index (χ2n) is 21.8. The molecule has 0 saturated carbocycles. The van der Waals surface area contributed by atoms with Crippen LogP contribution in [-0.2, 0) is 75.8 Å². The minimum absolute atomic E-state index is 0.0361. The van der Waals surface area contributed by atoms with Crippen molar-refractivity contribution in [1.82, 2.24) is 0 Å². The largest absolute Gasteiger partial charge is 0.457 e. The molecule has 14 rings (SSSR count). The van der Waals surface area contributed by atoms with E-state index in [1.54, 1.807) is 146 Å². The molecule has 0 radical (unpaired) electrons. The molecular weight excluding hydrogens is 1350 g/mol. The Kier molecular flexibility index (Phi) is 16.2. The molecule has 2 aliphatic carbocycles. The molecule has 10 aromatic rings. The second kappa shape index (κ2) is 25.1. The first-order valence-electron chi connectivity index (χ1n) is 29.0. The summed E-state index contributed by atoms with van der Waals surface area (Å²) in [4.78, 5) is 101. The fraction of sp³-hybridized carbons (Fsp3) is 0.0833. The second-order valence-corrected chi connectivity index (χ2v) is 25.9. The number of nitriles is 4. The molecule has 0 spiro atoms. The summed E-state index contributed by atoms with van der Waals surface area (Å²) >= 11 is 3.32. The Balaban J connectivity index is 1.01. The van der Waals surface area contributed by atoms with Crippen molar-refractivity contribution in [2.45, 2.75) is 37.6 Å². The number of hydrogen-bond donors (Lipinski definition) is 0. The van der Waals surface area contributed by atoms with Gasteiger partial charge in [0.05, 0.1) is 28.9 Å². The fourth-order valence-corrected chi connectivity index (χ4v) is 16.5. The van der Waals surface area contributed by atoms with Crippen molar-refractivity contribution in [3.8, 4) is 55.3 Å². The smallest absolute Gasteiger partial charge is 0.367 e. The predicted octanol–water partition coefficient (Wildman–Crippen LogP) is 14.7. The van der Waals surface area contributed by atoms with E-state index in [-0.39, 0.29) is 72.7 Å². The molecule has 0 amide bonds. The van der Waals surface area contributed by atoms with E-state index in [2.05, 4.69) is 9.98 Å². The van der Waals surface area contributed by atoms with Crippen LogP contribution in [-0.4, -0.2) is 46.9 Å². The average molecular weight is 1380 g/mol. The van der Waals surface area contributed by atoms with Gasteiger partial charge in [-0.3, -0.25) is 9.59 Å². The van der Waals surface area contributed by atoms with E-state index in [0.717, 1.165) is 45.3 Å². The number of hydrogen-bond acceptors (Lipinski definition) is 22. The SMILES string of the molecule is N#CC(C#N)=C1/C(=N/c2cc3c(s2)-c2sc4c5c(sc4c2OC3(C(=O)OCc2ccccc2)C(=O)OCc2ccccc2)-c2sc(/N=C3\C(=O)c4cc(F)c(F)cc4C3=C(C#N)C#N)cc2C(C(=O)OCc2ccccc2)(C(=O)OCc2ccccc2)O5)C(=O)c2cc(F)c(F)cc21. The first-order chi connectivity index (χ1) is 47.5. The maximum atomic E-state index is 15.6. The molecule has 476 valence electrons. The van der Waals surface area contributed by atoms with Gasteiger partial charge in [-0.2, -0.15) is 21.0 Å². The van der Waals surface area contributed by atoms with Crippen LogP contribution >= 0.6 is 45.3 Å². The number of carbonyl (C=O) groups is 6. The number of rotatable bonds is 14. The van der Waals surface area contributed by atoms with Gasteiger partial charge in [-0.15, -0.1) is 45.3 Å². The van der Waals surface area contributed by atoms with Crippen LogP contribution in [0.1, 0.15) is 65.2 Å². The zero-order valence-electron chi connectivity index (χ0n) is 49.6. The molecule has 0 fully saturated rings. The van der Waals surface area contributed by atoms with E-state index >= 15 is 28.0 Å². The number of ether oxygens (including phenoxy) is 6. The molecule has 4 aliphatic rings. The summed E-state index contributed by atoms with van der Waals surface area (Å²) in [6.07, 6.45) is 0. The Labute approximate surface area is 565 Å². The van der Waals surface area contributed by atoms with Gasteiger partial charge in [-0.05, 0) is 58.7 Å². The van der Waals surface area contributed by atoms with Crippen LogP contribution in [0.3, 0.4) is 0 Å².